The van der Waals surface area contributed by atoms with Crippen molar-refractivity contribution in [3.63, 3.8) is 0 Å². The molecule has 8 heteroatoms. The van der Waals surface area contributed by atoms with Crippen molar-refractivity contribution in [3.8, 4) is 0 Å². The number of aliphatic hydroxyl groups is 1. The van der Waals surface area contributed by atoms with Crippen molar-refractivity contribution >= 4 is 23.4 Å². The summed E-state index contributed by atoms with van der Waals surface area (Å²) in [7, 11) is 0. The minimum atomic E-state index is -1.20. The van der Waals surface area contributed by atoms with E-state index in [1.54, 1.807) is 26.9 Å². The lowest BCUT2D eigenvalue weighted by molar-refractivity contribution is -0.156. The van der Waals surface area contributed by atoms with E-state index in [2.05, 4.69) is 13.2 Å². The van der Waals surface area contributed by atoms with Crippen molar-refractivity contribution < 1.29 is 24.2 Å². The molecule has 7 atom stereocenters. The number of likely N-dealkylation sites (tertiary alicyclic amines) is 1. The van der Waals surface area contributed by atoms with E-state index < -0.39 is 35.1 Å². The Morgan fingerprint density at radius 3 is 2.27 bits per heavy atom. The van der Waals surface area contributed by atoms with Crippen LogP contribution in [0.25, 0.3) is 0 Å². The molecule has 3 heterocycles. The van der Waals surface area contributed by atoms with Crippen molar-refractivity contribution in [2.75, 3.05) is 24.6 Å². The summed E-state index contributed by atoms with van der Waals surface area (Å²) < 4.78 is 6.90. The van der Waals surface area contributed by atoms with Crippen LogP contribution in [0.5, 0.6) is 0 Å². The van der Waals surface area contributed by atoms with Crippen molar-refractivity contribution in [1.29, 1.82) is 0 Å². The molecule has 0 aromatic heterocycles. The van der Waals surface area contributed by atoms with E-state index in [0.29, 0.717) is 31.5 Å². The summed E-state index contributed by atoms with van der Waals surface area (Å²) in [5, 5.41) is 10.7. The molecular formula is C36H45N3O5. The fourth-order valence-electron chi connectivity index (χ4n) is 7.78. The number of para-hydroxylation sites is 1. The van der Waals surface area contributed by atoms with E-state index in [9.17, 15) is 19.5 Å². The third-order valence-electron chi connectivity index (χ3n) is 10.1. The molecule has 2 bridgehead atoms. The van der Waals surface area contributed by atoms with Crippen molar-refractivity contribution in [3.05, 3.63) is 91.5 Å². The number of benzene rings is 2. The summed E-state index contributed by atoms with van der Waals surface area (Å²) in [4.78, 5) is 49.1. The number of carbonyl (C=O) groups excluding carboxylic acids is 3. The molecule has 2 aromatic rings. The Balaban J connectivity index is 1.61. The molecule has 2 unspecified atom stereocenters. The maximum Gasteiger partial charge on any atom is 0.249 e. The third kappa shape index (κ3) is 5.18. The van der Waals surface area contributed by atoms with Crippen molar-refractivity contribution in [1.82, 2.24) is 9.80 Å². The number of ether oxygens (including phenoxy) is 1. The quantitative estimate of drug-likeness (QED) is 0.340. The Hall–Kier alpha value is -3.75. The number of nitrogens with zero attached hydrogens (tertiary/aromatic N) is 3. The SMILES string of the molecule is C=CCN(Cc1ccccc1)C(=O)C1N([C@@H](CO)[C@@H](C)CC)C(=O)[C@@H]2[C@H](C(=O)N(CC=C)c3ccccc3)[C@]3(C)CCC12O3. The molecule has 1 spiro atoms. The van der Waals surface area contributed by atoms with Gasteiger partial charge in [-0.3, -0.25) is 14.4 Å². The monoisotopic (exact) mass is 599 g/mol. The van der Waals surface area contributed by atoms with E-state index in [1.165, 1.54) is 0 Å². The molecule has 3 aliphatic heterocycles. The molecule has 3 amide bonds. The highest BCUT2D eigenvalue weighted by Gasteiger charge is 2.79. The highest BCUT2D eigenvalue weighted by molar-refractivity contribution is 6.03. The second-order valence-electron chi connectivity index (χ2n) is 12.7. The first-order valence-corrected chi connectivity index (χ1v) is 15.7. The van der Waals surface area contributed by atoms with E-state index >= 15 is 0 Å². The highest BCUT2D eigenvalue weighted by Crippen LogP contribution is 2.64. The van der Waals surface area contributed by atoms with Crippen LogP contribution in [0.3, 0.4) is 0 Å². The van der Waals surface area contributed by atoms with Gasteiger partial charge >= 0.3 is 0 Å². The molecule has 2 aromatic carbocycles. The summed E-state index contributed by atoms with van der Waals surface area (Å²) in [5.41, 5.74) is -0.464. The number of aliphatic hydroxyl groups excluding tert-OH is 1. The van der Waals surface area contributed by atoms with E-state index in [4.69, 9.17) is 4.74 Å². The standard InChI is InChI=1S/C36H45N3O5/c1-6-21-37(23-26-15-11-9-12-16-26)34(43)31-36-20-19-35(5,44-36)29(30(36)33(42)39(31)28(24-40)25(4)8-3)32(41)38(22-7-2)27-17-13-10-14-18-27/h6-7,9-18,25,28-31,40H,1-2,8,19-24H2,3-5H3/t25-,28-,29+,30-,31?,35-,36?/m0/s1. The van der Waals surface area contributed by atoms with Gasteiger partial charge in [-0.05, 0) is 43.4 Å². The van der Waals surface area contributed by atoms with Gasteiger partial charge in [0.15, 0.2) is 0 Å². The maximum atomic E-state index is 14.8. The van der Waals surface area contributed by atoms with Crippen LogP contribution >= 0.6 is 0 Å². The van der Waals surface area contributed by atoms with Crippen molar-refractivity contribution in [2.24, 2.45) is 17.8 Å². The minimum Gasteiger partial charge on any atom is -0.394 e. The first kappa shape index (κ1) is 31.7. The predicted molar refractivity (Wildman–Crippen MR) is 170 cm³/mol. The molecule has 44 heavy (non-hydrogen) atoms. The molecule has 3 saturated heterocycles. The van der Waals surface area contributed by atoms with E-state index in [0.717, 1.165) is 5.56 Å². The number of hydrogen-bond donors (Lipinski definition) is 1. The van der Waals surface area contributed by atoms with Crippen LogP contribution in [0.1, 0.15) is 45.6 Å². The van der Waals surface area contributed by atoms with Crippen LogP contribution in [0.2, 0.25) is 0 Å². The Bertz CT molecular complexity index is 1380. The van der Waals surface area contributed by atoms with Crippen LogP contribution in [-0.4, -0.2) is 75.6 Å². The maximum absolute atomic E-state index is 14.8. The van der Waals surface area contributed by atoms with Gasteiger partial charge in [0.05, 0.1) is 30.1 Å². The zero-order valence-electron chi connectivity index (χ0n) is 26.1. The lowest BCUT2D eigenvalue weighted by Crippen LogP contribution is -2.59. The van der Waals surface area contributed by atoms with Gasteiger partial charge in [0.2, 0.25) is 17.7 Å². The molecule has 1 N–H and O–H groups in total. The second kappa shape index (κ2) is 12.7. The fourth-order valence-corrected chi connectivity index (χ4v) is 7.78. The van der Waals surface area contributed by atoms with Gasteiger partial charge < -0.3 is 24.5 Å². The number of hydrogen-bond acceptors (Lipinski definition) is 5. The second-order valence-corrected chi connectivity index (χ2v) is 12.7. The lowest BCUT2D eigenvalue weighted by Gasteiger charge is -2.41. The molecular weight excluding hydrogens is 554 g/mol. The molecule has 8 nitrogen and oxygen atoms in total. The predicted octanol–water partition coefficient (Wildman–Crippen LogP) is 4.59. The Morgan fingerprint density at radius 1 is 1.05 bits per heavy atom. The number of amides is 3. The third-order valence-corrected chi connectivity index (χ3v) is 10.1. The first-order valence-electron chi connectivity index (χ1n) is 15.7. The lowest BCUT2D eigenvalue weighted by atomic mass is 9.66. The molecule has 0 saturated carbocycles. The topological polar surface area (TPSA) is 90.4 Å². The number of fused-ring (bicyclic) bond motifs is 1. The average Bonchev–Trinajstić information content (AvgIpc) is 3.61. The number of anilines is 1. The molecule has 0 aliphatic carbocycles. The van der Waals surface area contributed by atoms with Crippen molar-refractivity contribution in [2.45, 2.75) is 69.9 Å². The largest absolute Gasteiger partial charge is 0.394 e. The minimum absolute atomic E-state index is 0.0834. The molecule has 234 valence electrons. The zero-order chi connectivity index (χ0) is 31.6. The molecule has 3 aliphatic rings. The molecule has 3 fully saturated rings. The fraction of sp³-hybridized carbons (Fsp3) is 0.472. The van der Waals surface area contributed by atoms with Crippen LogP contribution in [0, 0.1) is 17.8 Å². The Morgan fingerprint density at radius 2 is 1.68 bits per heavy atom. The zero-order valence-corrected chi connectivity index (χ0v) is 26.1. The first-order chi connectivity index (χ1) is 21.2. The van der Waals surface area contributed by atoms with Gasteiger partial charge in [-0.15, -0.1) is 13.2 Å². The van der Waals surface area contributed by atoms with Gasteiger partial charge in [0.1, 0.15) is 11.6 Å². The van der Waals surface area contributed by atoms with Crippen LogP contribution in [0.4, 0.5) is 5.69 Å². The summed E-state index contributed by atoms with van der Waals surface area (Å²) in [6, 6.07) is 17.5. The number of carbonyl (C=O) groups is 3. The summed E-state index contributed by atoms with van der Waals surface area (Å²) in [5.74, 6) is -2.52. The van der Waals surface area contributed by atoms with Gasteiger partial charge in [0.25, 0.3) is 0 Å². The Labute approximate surface area is 261 Å². The van der Waals surface area contributed by atoms with Crippen LogP contribution < -0.4 is 4.90 Å². The summed E-state index contributed by atoms with van der Waals surface area (Å²) >= 11 is 0. The average molecular weight is 600 g/mol. The molecule has 0 radical (unpaired) electrons. The highest BCUT2D eigenvalue weighted by atomic mass is 16.5. The van der Waals surface area contributed by atoms with E-state index in [1.807, 2.05) is 81.4 Å². The normalized spacial score (nSPS) is 28.3. The van der Waals surface area contributed by atoms with E-state index in [-0.39, 0.29) is 43.3 Å². The Kier molecular flexibility index (Phi) is 9.14. The van der Waals surface area contributed by atoms with Gasteiger partial charge in [-0.25, -0.2) is 0 Å². The van der Waals surface area contributed by atoms with Gasteiger partial charge in [0, 0.05) is 25.3 Å². The van der Waals surface area contributed by atoms with Crippen LogP contribution in [0.15, 0.2) is 86.0 Å². The summed E-state index contributed by atoms with van der Waals surface area (Å²) in [6.45, 7) is 14.3. The number of rotatable bonds is 13. The summed E-state index contributed by atoms with van der Waals surface area (Å²) in [6.07, 6.45) is 5.07. The smallest absolute Gasteiger partial charge is 0.249 e. The van der Waals surface area contributed by atoms with Crippen LogP contribution in [-0.2, 0) is 25.7 Å². The molecule has 5 rings (SSSR count). The van der Waals surface area contributed by atoms with Gasteiger partial charge in [-0.1, -0.05) is 81.0 Å². The van der Waals surface area contributed by atoms with Gasteiger partial charge in [-0.2, -0.15) is 0 Å².